The summed E-state index contributed by atoms with van der Waals surface area (Å²) in [6.07, 6.45) is 8.57. The molecule has 9 heteroatoms. The van der Waals surface area contributed by atoms with Gasteiger partial charge in [-0.25, -0.2) is 14.8 Å². The van der Waals surface area contributed by atoms with Crippen molar-refractivity contribution in [3.8, 4) is 0 Å². The van der Waals surface area contributed by atoms with Crippen molar-refractivity contribution in [2.24, 2.45) is 0 Å². The summed E-state index contributed by atoms with van der Waals surface area (Å²) in [6.45, 7) is 8.71. The molecule has 1 aliphatic heterocycles. The van der Waals surface area contributed by atoms with Crippen LogP contribution in [0.15, 0.2) is 18.6 Å². The average molecular weight is 427 g/mol. The van der Waals surface area contributed by atoms with Crippen LogP contribution in [0.2, 0.25) is 0 Å². The van der Waals surface area contributed by atoms with E-state index >= 15 is 0 Å². The van der Waals surface area contributed by atoms with Gasteiger partial charge in [-0.3, -0.25) is 9.48 Å². The lowest BCUT2D eigenvalue weighted by atomic mass is 10.1. The van der Waals surface area contributed by atoms with Crippen molar-refractivity contribution in [2.75, 3.05) is 18.4 Å². The molecule has 0 spiro atoms. The van der Waals surface area contributed by atoms with Crippen LogP contribution in [0.4, 0.5) is 10.5 Å². The smallest absolute Gasteiger partial charge is 0.410 e. The highest BCUT2D eigenvalue weighted by Crippen LogP contribution is 2.37. The maximum absolute atomic E-state index is 12.6. The predicted molar refractivity (Wildman–Crippen MR) is 115 cm³/mol. The summed E-state index contributed by atoms with van der Waals surface area (Å²) in [5.41, 5.74) is 1.36. The minimum absolute atomic E-state index is 0.171. The summed E-state index contributed by atoms with van der Waals surface area (Å²) in [6, 6.07) is 0.171. The van der Waals surface area contributed by atoms with E-state index in [4.69, 9.17) is 4.74 Å². The van der Waals surface area contributed by atoms with E-state index in [1.54, 1.807) is 17.3 Å². The Morgan fingerprint density at radius 3 is 2.32 bits per heavy atom. The minimum Gasteiger partial charge on any atom is -0.444 e. The molecule has 2 aromatic rings. The van der Waals surface area contributed by atoms with E-state index in [1.807, 2.05) is 38.6 Å². The number of rotatable bonds is 4. The number of hydrogen-bond acceptors (Lipinski definition) is 6. The van der Waals surface area contributed by atoms with E-state index in [0.717, 1.165) is 37.2 Å². The van der Waals surface area contributed by atoms with Crippen LogP contribution in [0.3, 0.4) is 0 Å². The number of aryl methyl sites for hydroxylation is 1. The van der Waals surface area contributed by atoms with E-state index in [0.29, 0.717) is 30.3 Å². The van der Waals surface area contributed by atoms with E-state index in [1.165, 1.54) is 0 Å². The molecule has 2 amide bonds. The number of carbonyl (C=O) groups is 2. The molecule has 1 N–H and O–H groups in total. The van der Waals surface area contributed by atoms with Gasteiger partial charge in [0.05, 0.1) is 23.0 Å². The van der Waals surface area contributed by atoms with Crippen LogP contribution in [0, 0.1) is 6.92 Å². The molecule has 31 heavy (non-hydrogen) atoms. The van der Waals surface area contributed by atoms with Gasteiger partial charge in [-0.1, -0.05) is 0 Å². The number of carbonyl (C=O) groups excluding carboxylic acids is 2. The Morgan fingerprint density at radius 1 is 1.10 bits per heavy atom. The van der Waals surface area contributed by atoms with Crippen LogP contribution in [0.1, 0.15) is 80.3 Å². The highest BCUT2D eigenvalue weighted by atomic mass is 16.6. The Balaban J connectivity index is 1.34. The number of likely N-dealkylation sites (tertiary alicyclic amines) is 1. The molecule has 1 aliphatic carbocycles. The van der Waals surface area contributed by atoms with Crippen LogP contribution in [0.25, 0.3) is 0 Å². The first-order valence-electron chi connectivity index (χ1n) is 10.9. The molecule has 0 bridgehead atoms. The number of nitrogens with zero attached hydrogens (tertiary/aromatic N) is 5. The molecular formula is C22H30N6O3. The molecule has 2 aliphatic rings. The van der Waals surface area contributed by atoms with Gasteiger partial charge in [-0.05, 0) is 53.4 Å². The minimum atomic E-state index is -0.497. The molecule has 1 saturated heterocycles. The van der Waals surface area contributed by atoms with E-state index < -0.39 is 5.60 Å². The van der Waals surface area contributed by atoms with Gasteiger partial charge >= 0.3 is 6.09 Å². The van der Waals surface area contributed by atoms with Gasteiger partial charge in [0.15, 0.2) is 0 Å². The molecule has 0 radical (unpaired) electrons. The lowest BCUT2D eigenvalue weighted by Crippen LogP contribution is -2.42. The van der Waals surface area contributed by atoms with Gasteiger partial charge in [-0.15, -0.1) is 0 Å². The summed E-state index contributed by atoms with van der Waals surface area (Å²) in [7, 11) is 0. The second-order valence-electron chi connectivity index (χ2n) is 9.37. The Labute approximate surface area is 182 Å². The van der Waals surface area contributed by atoms with Gasteiger partial charge in [0.1, 0.15) is 11.4 Å². The topological polar surface area (TPSA) is 102 Å². The summed E-state index contributed by atoms with van der Waals surface area (Å²) in [4.78, 5) is 35.2. The Kier molecular flexibility index (Phi) is 5.68. The molecule has 9 nitrogen and oxygen atoms in total. The third-order valence-electron chi connectivity index (χ3n) is 5.53. The standard InChI is InChI=1S/C22H30N6O3/c1-14-18(25-20(29)16-11-23-19(24-12-16)15-5-6-15)13-28(26-14)17-7-9-27(10-8-17)21(30)31-22(2,3)4/h11-13,15,17H,5-10H2,1-4H3,(H,25,29). The number of ether oxygens (including phenoxy) is 1. The molecule has 0 unspecified atom stereocenters. The third kappa shape index (κ3) is 5.21. The molecule has 2 fully saturated rings. The first-order valence-corrected chi connectivity index (χ1v) is 10.9. The second kappa shape index (κ2) is 8.28. The Morgan fingerprint density at radius 2 is 1.74 bits per heavy atom. The summed E-state index contributed by atoms with van der Waals surface area (Å²) in [5, 5.41) is 7.51. The fourth-order valence-electron chi connectivity index (χ4n) is 3.63. The molecular weight excluding hydrogens is 396 g/mol. The maximum atomic E-state index is 12.6. The Bertz CT molecular complexity index is 951. The summed E-state index contributed by atoms with van der Waals surface area (Å²) < 4.78 is 7.35. The van der Waals surface area contributed by atoms with Gasteiger partial charge in [0, 0.05) is 37.6 Å². The molecule has 4 rings (SSSR count). The van der Waals surface area contributed by atoms with Crippen molar-refractivity contribution in [2.45, 2.75) is 70.9 Å². The van der Waals surface area contributed by atoms with Crippen LogP contribution in [-0.2, 0) is 4.74 Å². The van der Waals surface area contributed by atoms with E-state index in [-0.39, 0.29) is 18.0 Å². The second-order valence-corrected chi connectivity index (χ2v) is 9.37. The average Bonchev–Trinajstić information content (AvgIpc) is 3.51. The molecule has 166 valence electrons. The SMILES string of the molecule is Cc1nn(C2CCN(C(=O)OC(C)(C)C)CC2)cc1NC(=O)c1cnc(C2CC2)nc1. The van der Waals surface area contributed by atoms with Gasteiger partial charge in [0.2, 0.25) is 0 Å². The molecule has 0 aromatic carbocycles. The fraction of sp³-hybridized carbons (Fsp3) is 0.591. The molecule has 1 saturated carbocycles. The fourth-order valence-corrected chi connectivity index (χ4v) is 3.63. The summed E-state index contributed by atoms with van der Waals surface area (Å²) >= 11 is 0. The van der Waals surface area contributed by atoms with Gasteiger partial charge < -0.3 is 15.0 Å². The zero-order valence-corrected chi connectivity index (χ0v) is 18.6. The zero-order chi connectivity index (χ0) is 22.2. The van der Waals surface area contributed by atoms with Crippen molar-refractivity contribution >= 4 is 17.7 Å². The number of nitrogens with one attached hydrogen (secondary N) is 1. The van der Waals surface area contributed by atoms with Crippen LogP contribution in [-0.4, -0.2) is 55.3 Å². The number of aromatic nitrogens is 4. The van der Waals surface area contributed by atoms with Crippen molar-refractivity contribution in [1.29, 1.82) is 0 Å². The number of hydrogen-bond donors (Lipinski definition) is 1. The van der Waals surface area contributed by atoms with E-state index in [9.17, 15) is 9.59 Å². The molecule has 0 atom stereocenters. The lowest BCUT2D eigenvalue weighted by Gasteiger charge is -2.33. The van der Waals surface area contributed by atoms with Crippen LogP contribution in [0.5, 0.6) is 0 Å². The van der Waals surface area contributed by atoms with Crippen LogP contribution < -0.4 is 5.32 Å². The normalized spacial score (nSPS) is 17.5. The van der Waals surface area contributed by atoms with Crippen molar-refractivity contribution in [3.63, 3.8) is 0 Å². The third-order valence-corrected chi connectivity index (χ3v) is 5.53. The highest BCUT2D eigenvalue weighted by molar-refractivity contribution is 6.04. The zero-order valence-electron chi connectivity index (χ0n) is 18.6. The first kappa shape index (κ1) is 21.3. The van der Waals surface area contributed by atoms with Gasteiger partial charge in [-0.2, -0.15) is 5.10 Å². The number of amides is 2. The monoisotopic (exact) mass is 426 g/mol. The number of anilines is 1. The Hall–Kier alpha value is -2.97. The van der Waals surface area contributed by atoms with E-state index in [2.05, 4.69) is 20.4 Å². The quantitative estimate of drug-likeness (QED) is 0.800. The largest absolute Gasteiger partial charge is 0.444 e. The highest BCUT2D eigenvalue weighted by Gasteiger charge is 2.29. The van der Waals surface area contributed by atoms with Crippen LogP contribution >= 0.6 is 0 Å². The summed E-state index contributed by atoms with van der Waals surface area (Å²) in [5.74, 6) is 1.03. The molecule has 2 aromatic heterocycles. The lowest BCUT2D eigenvalue weighted by molar-refractivity contribution is 0.0184. The molecule has 3 heterocycles. The van der Waals surface area contributed by atoms with Crippen molar-refractivity contribution in [1.82, 2.24) is 24.6 Å². The van der Waals surface area contributed by atoms with Gasteiger partial charge in [0.25, 0.3) is 5.91 Å². The first-order chi connectivity index (χ1) is 14.7. The number of piperidine rings is 1. The maximum Gasteiger partial charge on any atom is 0.410 e. The predicted octanol–water partition coefficient (Wildman–Crippen LogP) is 3.68. The van der Waals surface area contributed by atoms with Crippen molar-refractivity contribution in [3.05, 3.63) is 35.7 Å². The van der Waals surface area contributed by atoms with Crippen molar-refractivity contribution < 1.29 is 14.3 Å².